The quantitative estimate of drug-likeness (QED) is 0.543. The number of carbonyl (C=O) groups is 1. The van der Waals surface area contributed by atoms with Crippen molar-refractivity contribution in [1.29, 1.82) is 0 Å². The highest BCUT2D eigenvalue weighted by molar-refractivity contribution is 7.09. The molecule has 8 heteroatoms. The van der Waals surface area contributed by atoms with Gasteiger partial charge in [0, 0.05) is 11.8 Å². The number of amides is 1. The first-order chi connectivity index (χ1) is 13.7. The van der Waals surface area contributed by atoms with Crippen molar-refractivity contribution < 1.29 is 9.53 Å². The number of nitrogens with zero attached hydrogens (tertiary/aromatic N) is 4. The molecule has 0 aliphatic carbocycles. The second-order valence-corrected chi connectivity index (χ2v) is 6.94. The third-order valence-corrected chi connectivity index (χ3v) is 4.98. The van der Waals surface area contributed by atoms with Crippen molar-refractivity contribution in [2.45, 2.75) is 6.42 Å². The summed E-state index contributed by atoms with van der Waals surface area (Å²) in [5, 5.41) is 13.1. The summed E-state index contributed by atoms with van der Waals surface area (Å²) in [4.78, 5) is 17.2. The van der Waals surface area contributed by atoms with Gasteiger partial charge in [0.15, 0.2) is 0 Å². The Bertz CT molecular complexity index is 1080. The number of hydrogen-bond acceptors (Lipinski definition) is 6. The number of anilines is 1. The van der Waals surface area contributed by atoms with Crippen LogP contribution >= 0.6 is 11.3 Å². The van der Waals surface area contributed by atoms with Gasteiger partial charge in [-0.25, -0.2) is 4.98 Å². The molecule has 140 valence electrons. The van der Waals surface area contributed by atoms with Gasteiger partial charge >= 0.3 is 0 Å². The summed E-state index contributed by atoms with van der Waals surface area (Å²) >= 11 is 1.47. The van der Waals surface area contributed by atoms with Gasteiger partial charge in [0.2, 0.25) is 0 Å². The highest BCUT2D eigenvalue weighted by atomic mass is 32.1. The van der Waals surface area contributed by atoms with E-state index in [1.807, 2.05) is 36.4 Å². The van der Waals surface area contributed by atoms with Crippen LogP contribution in [0.3, 0.4) is 0 Å². The zero-order valence-electron chi connectivity index (χ0n) is 15.1. The Morgan fingerprint density at radius 3 is 2.68 bits per heavy atom. The van der Waals surface area contributed by atoms with Gasteiger partial charge in [-0.3, -0.25) is 9.36 Å². The first-order valence-corrected chi connectivity index (χ1v) is 9.43. The highest BCUT2D eigenvalue weighted by Gasteiger charge is 2.14. The number of nitrogens with one attached hydrogen (secondary N) is 1. The average molecular weight is 391 g/mol. The van der Waals surface area contributed by atoms with Crippen LogP contribution in [-0.4, -0.2) is 32.8 Å². The minimum absolute atomic E-state index is 0.283. The molecule has 4 aromatic rings. The summed E-state index contributed by atoms with van der Waals surface area (Å²) in [6.07, 6.45) is 3.87. The van der Waals surface area contributed by atoms with Crippen molar-refractivity contribution in [2.75, 3.05) is 12.4 Å². The molecule has 28 heavy (non-hydrogen) atoms. The molecule has 0 aliphatic heterocycles. The van der Waals surface area contributed by atoms with Crippen LogP contribution in [0, 0.1) is 0 Å². The smallest absolute Gasteiger partial charge is 0.275 e. The van der Waals surface area contributed by atoms with E-state index in [2.05, 4.69) is 20.5 Å². The molecule has 7 nitrogen and oxygen atoms in total. The highest BCUT2D eigenvalue weighted by Crippen LogP contribution is 2.28. The van der Waals surface area contributed by atoms with Gasteiger partial charge in [-0.2, -0.15) is 0 Å². The number of ether oxygens (including phenoxy) is 1. The lowest BCUT2D eigenvalue weighted by Crippen LogP contribution is -2.13. The molecule has 2 heterocycles. The molecule has 0 bridgehead atoms. The van der Waals surface area contributed by atoms with Crippen molar-refractivity contribution in [1.82, 2.24) is 19.7 Å². The Morgan fingerprint density at radius 1 is 1.14 bits per heavy atom. The van der Waals surface area contributed by atoms with Gasteiger partial charge in [-0.1, -0.05) is 30.3 Å². The zero-order chi connectivity index (χ0) is 19.3. The lowest BCUT2D eigenvalue weighted by molar-refractivity contribution is 0.102. The van der Waals surface area contributed by atoms with Crippen LogP contribution in [0.1, 0.15) is 21.1 Å². The molecule has 2 aromatic carbocycles. The van der Waals surface area contributed by atoms with E-state index >= 15 is 0 Å². The van der Waals surface area contributed by atoms with E-state index in [0.29, 0.717) is 23.6 Å². The lowest BCUT2D eigenvalue weighted by atomic mass is 10.2. The Kier molecular flexibility index (Phi) is 5.11. The zero-order valence-corrected chi connectivity index (χ0v) is 15.9. The molecular formula is C20H17N5O2S. The number of methoxy groups -OCH3 is 1. The molecule has 2 aromatic heterocycles. The third-order valence-electron chi connectivity index (χ3n) is 4.13. The number of hydrogen-bond donors (Lipinski definition) is 1. The van der Waals surface area contributed by atoms with Crippen LogP contribution in [0.5, 0.6) is 5.75 Å². The van der Waals surface area contributed by atoms with Crippen LogP contribution in [0.4, 0.5) is 5.69 Å². The fourth-order valence-corrected chi connectivity index (χ4v) is 3.55. The predicted molar refractivity (Wildman–Crippen MR) is 107 cm³/mol. The monoisotopic (exact) mass is 391 g/mol. The van der Waals surface area contributed by atoms with Crippen LogP contribution in [0.25, 0.3) is 5.69 Å². The van der Waals surface area contributed by atoms with Gasteiger partial charge in [0.05, 0.1) is 23.5 Å². The van der Waals surface area contributed by atoms with E-state index < -0.39 is 0 Å². The van der Waals surface area contributed by atoms with Crippen molar-refractivity contribution in [3.05, 3.63) is 82.8 Å². The van der Waals surface area contributed by atoms with E-state index in [4.69, 9.17) is 4.74 Å². The summed E-state index contributed by atoms with van der Waals surface area (Å²) < 4.78 is 7.11. The SMILES string of the molecule is COc1ccc(-n2cnnc2)cc1NC(=O)c1csc(Cc2ccccc2)n1. The second-order valence-electron chi connectivity index (χ2n) is 6.00. The van der Waals surface area contributed by atoms with Crippen molar-refractivity contribution in [2.24, 2.45) is 0 Å². The van der Waals surface area contributed by atoms with E-state index in [9.17, 15) is 4.79 Å². The van der Waals surface area contributed by atoms with E-state index in [1.54, 1.807) is 41.8 Å². The number of carbonyl (C=O) groups excluding carboxylic acids is 1. The largest absolute Gasteiger partial charge is 0.495 e. The van der Waals surface area contributed by atoms with Gasteiger partial charge in [-0.05, 0) is 23.8 Å². The van der Waals surface area contributed by atoms with E-state index in [-0.39, 0.29) is 5.91 Å². The normalized spacial score (nSPS) is 10.6. The lowest BCUT2D eigenvalue weighted by Gasteiger charge is -2.11. The third kappa shape index (κ3) is 3.91. The Balaban J connectivity index is 1.53. The van der Waals surface area contributed by atoms with Crippen LogP contribution in [0.2, 0.25) is 0 Å². The maximum Gasteiger partial charge on any atom is 0.275 e. The van der Waals surface area contributed by atoms with Gasteiger partial charge < -0.3 is 10.1 Å². The topological polar surface area (TPSA) is 81.9 Å². The molecule has 0 saturated carbocycles. The minimum Gasteiger partial charge on any atom is -0.495 e. The molecular weight excluding hydrogens is 374 g/mol. The van der Waals surface area contributed by atoms with Gasteiger partial charge in [-0.15, -0.1) is 21.5 Å². The molecule has 0 saturated heterocycles. The summed E-state index contributed by atoms with van der Waals surface area (Å²) in [5.41, 5.74) is 2.90. The maximum absolute atomic E-state index is 12.7. The van der Waals surface area contributed by atoms with Crippen molar-refractivity contribution in [3.8, 4) is 11.4 Å². The predicted octanol–water partition coefficient (Wildman–Crippen LogP) is 3.58. The average Bonchev–Trinajstić information content (AvgIpc) is 3.41. The summed E-state index contributed by atoms with van der Waals surface area (Å²) in [6.45, 7) is 0. The van der Waals surface area contributed by atoms with Crippen molar-refractivity contribution >= 4 is 22.9 Å². The maximum atomic E-state index is 12.7. The van der Waals surface area contributed by atoms with Crippen LogP contribution < -0.4 is 10.1 Å². The van der Waals surface area contributed by atoms with Crippen LogP contribution in [0.15, 0.2) is 66.6 Å². The summed E-state index contributed by atoms with van der Waals surface area (Å²) in [5.74, 6) is 0.277. The first-order valence-electron chi connectivity index (χ1n) is 8.55. The number of aromatic nitrogens is 4. The van der Waals surface area contributed by atoms with Crippen molar-refractivity contribution in [3.63, 3.8) is 0 Å². The minimum atomic E-state index is -0.283. The van der Waals surface area contributed by atoms with Crippen LogP contribution in [-0.2, 0) is 6.42 Å². The number of rotatable bonds is 6. The Hall–Kier alpha value is -3.52. The number of thiazole rings is 1. The number of benzene rings is 2. The van der Waals surface area contributed by atoms with E-state index in [1.165, 1.54) is 11.3 Å². The van der Waals surface area contributed by atoms with E-state index in [0.717, 1.165) is 16.3 Å². The standard InChI is InChI=1S/C20H17N5O2S/c1-27-18-8-7-15(25-12-21-22-13-25)10-16(18)24-20(26)17-11-28-19(23-17)9-14-5-3-2-4-6-14/h2-8,10-13H,9H2,1H3,(H,24,26). The molecule has 4 rings (SSSR count). The summed E-state index contributed by atoms with van der Waals surface area (Å²) in [7, 11) is 1.56. The fourth-order valence-electron chi connectivity index (χ4n) is 2.74. The Morgan fingerprint density at radius 2 is 1.93 bits per heavy atom. The molecule has 0 atom stereocenters. The summed E-state index contributed by atoms with van der Waals surface area (Å²) in [6, 6.07) is 15.5. The molecule has 0 radical (unpaired) electrons. The molecule has 1 N–H and O–H groups in total. The van der Waals surface area contributed by atoms with Gasteiger partial charge in [0.25, 0.3) is 5.91 Å². The molecule has 1 amide bonds. The fraction of sp³-hybridized carbons (Fsp3) is 0.100. The van der Waals surface area contributed by atoms with Gasteiger partial charge in [0.1, 0.15) is 24.1 Å². The molecule has 0 aliphatic rings. The molecule has 0 fully saturated rings. The Labute approximate surface area is 165 Å². The molecule has 0 unspecified atom stereocenters. The second kappa shape index (κ2) is 8.01. The first kappa shape index (κ1) is 17.9. The molecule has 0 spiro atoms.